The van der Waals surface area contributed by atoms with E-state index in [-0.39, 0.29) is 0 Å². The summed E-state index contributed by atoms with van der Waals surface area (Å²) in [5.74, 6) is 2.30. The first kappa shape index (κ1) is 21.6. The second-order valence-corrected chi connectivity index (χ2v) is 8.90. The normalized spacial score (nSPS) is 19.8. The van der Waals surface area contributed by atoms with Crippen molar-refractivity contribution in [3.63, 3.8) is 0 Å². The van der Waals surface area contributed by atoms with Crippen molar-refractivity contribution in [2.45, 2.75) is 57.0 Å². The smallest absolute Gasteiger partial charge is 0.225 e. The molecule has 3 aromatic rings. The summed E-state index contributed by atoms with van der Waals surface area (Å²) in [5, 5.41) is 8.54. The van der Waals surface area contributed by atoms with Crippen LogP contribution in [0.5, 0.6) is 0 Å². The van der Waals surface area contributed by atoms with E-state index in [9.17, 15) is 0 Å². The fourth-order valence-electron chi connectivity index (χ4n) is 4.62. The highest BCUT2D eigenvalue weighted by atomic mass is 15.2. The Balaban J connectivity index is 1.32. The van der Waals surface area contributed by atoms with E-state index < -0.39 is 0 Å². The maximum absolute atomic E-state index is 4.81. The Morgan fingerprint density at radius 3 is 2.29 bits per heavy atom. The summed E-state index contributed by atoms with van der Waals surface area (Å²) in [4.78, 5) is 11.6. The zero-order chi connectivity index (χ0) is 21.6. The summed E-state index contributed by atoms with van der Waals surface area (Å²) >= 11 is 0. The molecule has 31 heavy (non-hydrogen) atoms. The van der Waals surface area contributed by atoms with Gasteiger partial charge in [0, 0.05) is 38.1 Å². The number of aromatic nitrogens is 2. The predicted octanol–water partition coefficient (Wildman–Crippen LogP) is 5.20. The number of hydrogen-bond donors (Lipinski definition) is 2. The minimum atomic E-state index is 0.435. The molecule has 1 heterocycles. The van der Waals surface area contributed by atoms with Gasteiger partial charge in [0.05, 0.1) is 5.52 Å². The van der Waals surface area contributed by atoms with E-state index in [1.165, 1.54) is 24.8 Å². The minimum absolute atomic E-state index is 0.435. The Morgan fingerprint density at radius 2 is 1.58 bits per heavy atom. The van der Waals surface area contributed by atoms with Gasteiger partial charge in [-0.1, -0.05) is 49.4 Å². The minimum Gasteiger partial charge on any atom is -0.362 e. The third-order valence-corrected chi connectivity index (χ3v) is 6.48. The lowest BCUT2D eigenvalue weighted by Gasteiger charge is -2.31. The molecular formula is C26H35N5. The maximum Gasteiger partial charge on any atom is 0.225 e. The van der Waals surface area contributed by atoms with Crippen LogP contribution in [0.15, 0.2) is 54.6 Å². The lowest BCUT2D eigenvalue weighted by molar-refractivity contribution is 0.345. The van der Waals surface area contributed by atoms with Crippen LogP contribution in [0.2, 0.25) is 0 Å². The SMILES string of the molecule is CCC(CN[C@H]1CC[C@@H](Nc2nc(N(C)C)c3ccccc3n2)CC1)c1ccccc1. The molecule has 1 aliphatic rings. The first-order valence-corrected chi connectivity index (χ1v) is 11.6. The Hall–Kier alpha value is -2.66. The number of anilines is 2. The number of benzene rings is 2. The number of nitrogens with zero attached hydrogens (tertiary/aromatic N) is 3. The largest absolute Gasteiger partial charge is 0.362 e. The number of nitrogens with one attached hydrogen (secondary N) is 2. The van der Waals surface area contributed by atoms with Crippen molar-refractivity contribution in [1.82, 2.24) is 15.3 Å². The highest BCUT2D eigenvalue weighted by molar-refractivity contribution is 5.90. The molecular weight excluding hydrogens is 382 g/mol. The molecule has 0 spiro atoms. The standard InChI is InChI=1S/C26H35N5/c1-4-19(20-10-6-5-7-11-20)18-27-21-14-16-22(17-15-21)28-26-29-24-13-9-8-12-23(24)25(30-26)31(2)3/h5-13,19,21-22,27H,4,14-18H2,1-3H3,(H,28,29,30)/t19?,21-,22+. The van der Waals surface area contributed by atoms with Crippen LogP contribution in [0.25, 0.3) is 10.9 Å². The first-order valence-electron chi connectivity index (χ1n) is 11.6. The molecule has 1 atom stereocenters. The highest BCUT2D eigenvalue weighted by Crippen LogP contribution is 2.27. The molecule has 164 valence electrons. The van der Waals surface area contributed by atoms with E-state index in [4.69, 9.17) is 9.97 Å². The average Bonchev–Trinajstić information content (AvgIpc) is 2.80. The zero-order valence-electron chi connectivity index (χ0n) is 19.0. The van der Waals surface area contributed by atoms with Gasteiger partial charge in [0.25, 0.3) is 0 Å². The van der Waals surface area contributed by atoms with Crippen LogP contribution in [0.1, 0.15) is 50.5 Å². The Labute approximate surface area is 186 Å². The van der Waals surface area contributed by atoms with Gasteiger partial charge in [0.1, 0.15) is 5.82 Å². The summed E-state index contributed by atoms with van der Waals surface area (Å²) < 4.78 is 0. The average molecular weight is 418 g/mol. The zero-order valence-corrected chi connectivity index (χ0v) is 19.0. The molecule has 1 unspecified atom stereocenters. The monoisotopic (exact) mass is 417 g/mol. The molecule has 5 nitrogen and oxygen atoms in total. The van der Waals surface area contributed by atoms with Gasteiger partial charge in [-0.15, -0.1) is 0 Å². The molecule has 1 fully saturated rings. The van der Waals surface area contributed by atoms with E-state index in [1.807, 2.05) is 26.2 Å². The number of rotatable bonds is 8. The van der Waals surface area contributed by atoms with Crippen LogP contribution >= 0.6 is 0 Å². The molecule has 5 heteroatoms. The van der Waals surface area contributed by atoms with E-state index in [0.29, 0.717) is 18.0 Å². The molecule has 2 N–H and O–H groups in total. The van der Waals surface area contributed by atoms with Crippen LogP contribution in [0.3, 0.4) is 0 Å². The third-order valence-electron chi connectivity index (χ3n) is 6.48. The van der Waals surface area contributed by atoms with Gasteiger partial charge in [0.15, 0.2) is 0 Å². The van der Waals surface area contributed by atoms with Crippen LogP contribution in [0.4, 0.5) is 11.8 Å². The van der Waals surface area contributed by atoms with Gasteiger partial charge in [-0.25, -0.2) is 4.98 Å². The second-order valence-electron chi connectivity index (χ2n) is 8.90. The number of para-hydroxylation sites is 1. The summed E-state index contributed by atoms with van der Waals surface area (Å²) in [7, 11) is 4.07. The Bertz CT molecular complexity index is 964. The maximum atomic E-state index is 4.81. The van der Waals surface area contributed by atoms with E-state index in [0.717, 1.165) is 42.1 Å². The van der Waals surface area contributed by atoms with Gasteiger partial charge in [0.2, 0.25) is 5.95 Å². The molecule has 1 saturated carbocycles. The molecule has 1 aromatic heterocycles. The number of fused-ring (bicyclic) bond motifs is 1. The fourth-order valence-corrected chi connectivity index (χ4v) is 4.62. The number of hydrogen-bond acceptors (Lipinski definition) is 5. The first-order chi connectivity index (χ1) is 15.1. The third kappa shape index (κ3) is 5.34. The molecule has 0 amide bonds. The Morgan fingerprint density at radius 1 is 0.903 bits per heavy atom. The van der Waals surface area contributed by atoms with Crippen LogP contribution in [-0.2, 0) is 0 Å². The summed E-state index contributed by atoms with van der Waals surface area (Å²) in [6, 6.07) is 20.2. The molecule has 0 radical (unpaired) electrons. The van der Waals surface area contributed by atoms with E-state index in [1.54, 1.807) is 0 Å². The van der Waals surface area contributed by atoms with E-state index in [2.05, 4.69) is 64.9 Å². The Kier molecular flexibility index (Phi) is 7.03. The summed E-state index contributed by atoms with van der Waals surface area (Å²) in [6.45, 7) is 3.34. The summed E-state index contributed by atoms with van der Waals surface area (Å²) in [5.41, 5.74) is 2.43. The predicted molar refractivity (Wildman–Crippen MR) is 131 cm³/mol. The lowest BCUT2D eigenvalue weighted by atomic mass is 9.90. The van der Waals surface area contributed by atoms with Crippen molar-refractivity contribution >= 4 is 22.7 Å². The quantitative estimate of drug-likeness (QED) is 0.527. The molecule has 2 aromatic carbocycles. The molecule has 0 saturated heterocycles. The van der Waals surface area contributed by atoms with Gasteiger partial charge < -0.3 is 15.5 Å². The molecule has 1 aliphatic carbocycles. The van der Waals surface area contributed by atoms with Crippen molar-refractivity contribution in [2.24, 2.45) is 0 Å². The van der Waals surface area contributed by atoms with Crippen molar-refractivity contribution in [3.05, 3.63) is 60.2 Å². The molecule has 4 rings (SSSR count). The van der Waals surface area contributed by atoms with Crippen molar-refractivity contribution in [1.29, 1.82) is 0 Å². The van der Waals surface area contributed by atoms with Gasteiger partial charge >= 0.3 is 0 Å². The van der Waals surface area contributed by atoms with E-state index >= 15 is 0 Å². The van der Waals surface area contributed by atoms with Crippen LogP contribution in [0, 0.1) is 0 Å². The van der Waals surface area contributed by atoms with Gasteiger partial charge in [-0.05, 0) is 55.7 Å². The van der Waals surface area contributed by atoms with Crippen LogP contribution < -0.4 is 15.5 Å². The van der Waals surface area contributed by atoms with Gasteiger partial charge in [-0.3, -0.25) is 0 Å². The second kappa shape index (κ2) is 10.1. The topological polar surface area (TPSA) is 53.1 Å². The fraction of sp³-hybridized carbons (Fsp3) is 0.462. The van der Waals surface area contributed by atoms with Crippen molar-refractivity contribution in [2.75, 3.05) is 30.9 Å². The lowest BCUT2D eigenvalue weighted by Crippen LogP contribution is -2.39. The van der Waals surface area contributed by atoms with Gasteiger partial charge in [-0.2, -0.15) is 4.98 Å². The summed E-state index contributed by atoms with van der Waals surface area (Å²) in [6.07, 6.45) is 5.84. The van der Waals surface area contributed by atoms with Crippen LogP contribution in [-0.4, -0.2) is 42.7 Å². The van der Waals surface area contributed by atoms with Crippen molar-refractivity contribution < 1.29 is 0 Å². The molecule has 0 aliphatic heterocycles. The molecule has 0 bridgehead atoms. The van der Waals surface area contributed by atoms with Crippen molar-refractivity contribution in [3.8, 4) is 0 Å². The highest BCUT2D eigenvalue weighted by Gasteiger charge is 2.23.